The van der Waals surface area contributed by atoms with Gasteiger partial charge in [-0.25, -0.2) is 4.39 Å². The summed E-state index contributed by atoms with van der Waals surface area (Å²) in [5, 5.41) is 0.374. The van der Waals surface area contributed by atoms with Gasteiger partial charge in [0.05, 0.1) is 5.02 Å². The van der Waals surface area contributed by atoms with E-state index in [1.165, 1.54) is 31.7 Å². The van der Waals surface area contributed by atoms with Gasteiger partial charge in [-0.15, -0.1) is 0 Å². The van der Waals surface area contributed by atoms with Crippen molar-refractivity contribution in [1.29, 1.82) is 0 Å². The number of para-hydroxylation sites is 1. The highest BCUT2D eigenvalue weighted by atomic mass is 35.5. The summed E-state index contributed by atoms with van der Waals surface area (Å²) in [6, 6.07) is 4.68. The maximum Gasteiger partial charge on any atom is 0.173 e. The minimum absolute atomic E-state index is 0.150. The lowest BCUT2D eigenvalue weighted by molar-refractivity contribution is -0.102. The Balaban J connectivity index is 1.53. The highest BCUT2D eigenvalue weighted by molar-refractivity contribution is 6.32. The van der Waals surface area contributed by atoms with E-state index < -0.39 is 0 Å². The molecule has 1 aromatic carbocycles. The Morgan fingerprint density at radius 3 is 2.68 bits per heavy atom. The monoisotopic (exact) mass is 282 g/mol. The van der Waals surface area contributed by atoms with Gasteiger partial charge in [0.25, 0.3) is 0 Å². The van der Waals surface area contributed by atoms with Crippen LogP contribution >= 0.6 is 11.6 Å². The van der Waals surface area contributed by atoms with Crippen LogP contribution in [0.1, 0.15) is 45.4 Å². The molecule has 1 aromatic rings. The van der Waals surface area contributed by atoms with Crippen molar-refractivity contribution in [1.82, 2.24) is 0 Å². The number of ether oxygens (including phenoxy) is 1. The van der Waals surface area contributed by atoms with E-state index in [9.17, 15) is 4.39 Å². The number of hydrogen-bond donors (Lipinski definition) is 0. The normalized spacial score (nSPS) is 32.8. The van der Waals surface area contributed by atoms with Gasteiger partial charge < -0.3 is 4.74 Å². The average molecular weight is 283 g/mol. The van der Waals surface area contributed by atoms with Crippen LogP contribution < -0.4 is 4.74 Å². The quantitative estimate of drug-likeness (QED) is 0.736. The maximum absolute atomic E-state index is 13.6. The van der Waals surface area contributed by atoms with Crippen molar-refractivity contribution in [3.63, 3.8) is 0 Å². The van der Waals surface area contributed by atoms with E-state index in [0.717, 1.165) is 18.8 Å². The van der Waals surface area contributed by atoms with E-state index in [4.69, 9.17) is 16.3 Å². The summed E-state index contributed by atoms with van der Waals surface area (Å²) in [6.07, 6.45) is 7.60. The zero-order valence-electron chi connectivity index (χ0n) is 11.3. The van der Waals surface area contributed by atoms with Crippen LogP contribution in [0.25, 0.3) is 0 Å². The van der Waals surface area contributed by atoms with Crippen molar-refractivity contribution in [2.75, 3.05) is 0 Å². The SMILES string of the molecule is CCCC1CC2(C1)CC(Oc1c(F)cccc1Cl)C2. The van der Waals surface area contributed by atoms with Gasteiger partial charge in [0, 0.05) is 0 Å². The number of halogens is 2. The fourth-order valence-corrected chi connectivity index (χ4v) is 4.07. The highest BCUT2D eigenvalue weighted by Gasteiger charge is 2.53. The molecule has 2 saturated carbocycles. The number of rotatable bonds is 4. The molecule has 3 heteroatoms. The number of hydrogen-bond acceptors (Lipinski definition) is 1. The van der Waals surface area contributed by atoms with Gasteiger partial charge in [0.1, 0.15) is 6.10 Å². The lowest BCUT2D eigenvalue weighted by Crippen LogP contribution is -2.52. The molecule has 0 N–H and O–H groups in total. The van der Waals surface area contributed by atoms with E-state index >= 15 is 0 Å². The largest absolute Gasteiger partial charge is 0.486 e. The van der Waals surface area contributed by atoms with Gasteiger partial charge in [-0.3, -0.25) is 0 Å². The van der Waals surface area contributed by atoms with E-state index in [0.29, 0.717) is 10.4 Å². The molecule has 0 aromatic heterocycles. The van der Waals surface area contributed by atoms with Crippen molar-refractivity contribution in [3.8, 4) is 5.75 Å². The Bertz CT molecular complexity index is 440. The third kappa shape index (κ3) is 2.47. The van der Waals surface area contributed by atoms with Crippen LogP contribution in [0.2, 0.25) is 5.02 Å². The van der Waals surface area contributed by atoms with Gasteiger partial charge in [-0.2, -0.15) is 0 Å². The second-order valence-corrected chi connectivity index (χ2v) is 6.67. The number of benzene rings is 1. The average Bonchev–Trinajstić information content (AvgIpc) is 2.27. The van der Waals surface area contributed by atoms with E-state index in [1.807, 2.05) is 0 Å². The third-order valence-electron chi connectivity index (χ3n) is 4.67. The van der Waals surface area contributed by atoms with Crippen LogP contribution in [0.15, 0.2) is 18.2 Å². The fraction of sp³-hybridized carbons (Fsp3) is 0.625. The van der Waals surface area contributed by atoms with Gasteiger partial charge in [0.2, 0.25) is 0 Å². The van der Waals surface area contributed by atoms with Crippen LogP contribution in [-0.4, -0.2) is 6.10 Å². The molecule has 2 fully saturated rings. The summed E-state index contributed by atoms with van der Waals surface area (Å²) in [6.45, 7) is 2.25. The molecular formula is C16H20ClFO. The van der Waals surface area contributed by atoms with Gasteiger partial charge in [-0.05, 0) is 49.1 Å². The molecule has 0 heterocycles. The molecule has 0 aliphatic heterocycles. The van der Waals surface area contributed by atoms with Crippen LogP contribution in [0, 0.1) is 17.2 Å². The molecule has 19 heavy (non-hydrogen) atoms. The second-order valence-electron chi connectivity index (χ2n) is 6.26. The molecule has 0 atom stereocenters. The summed E-state index contributed by atoms with van der Waals surface area (Å²) in [4.78, 5) is 0. The highest BCUT2D eigenvalue weighted by Crippen LogP contribution is 2.60. The van der Waals surface area contributed by atoms with Crippen LogP contribution in [0.3, 0.4) is 0 Å². The molecule has 3 rings (SSSR count). The first kappa shape index (κ1) is 13.2. The van der Waals surface area contributed by atoms with Crippen molar-refractivity contribution >= 4 is 11.6 Å². The summed E-state index contributed by atoms with van der Waals surface area (Å²) in [5.74, 6) is 0.794. The summed E-state index contributed by atoms with van der Waals surface area (Å²) < 4.78 is 19.3. The Morgan fingerprint density at radius 2 is 2.05 bits per heavy atom. The van der Waals surface area contributed by atoms with E-state index in [-0.39, 0.29) is 17.7 Å². The molecule has 0 amide bonds. The predicted octanol–water partition coefficient (Wildman–Crippen LogP) is 5.22. The minimum atomic E-state index is -0.356. The minimum Gasteiger partial charge on any atom is -0.486 e. The molecule has 1 nitrogen and oxygen atoms in total. The first-order valence-corrected chi connectivity index (χ1v) is 7.60. The zero-order valence-corrected chi connectivity index (χ0v) is 12.0. The van der Waals surface area contributed by atoms with Crippen molar-refractivity contribution in [2.45, 2.75) is 51.6 Å². The Hall–Kier alpha value is -0.760. The molecule has 104 valence electrons. The second kappa shape index (κ2) is 4.97. The smallest absolute Gasteiger partial charge is 0.173 e. The zero-order chi connectivity index (χ0) is 13.5. The predicted molar refractivity (Wildman–Crippen MR) is 75.1 cm³/mol. The molecule has 2 aliphatic rings. The van der Waals surface area contributed by atoms with Crippen molar-refractivity contribution in [2.24, 2.45) is 11.3 Å². The lowest BCUT2D eigenvalue weighted by atomic mass is 9.50. The summed E-state index contributed by atoms with van der Waals surface area (Å²) in [7, 11) is 0. The standard InChI is InChI=1S/C16H20ClFO/c1-2-4-11-7-16(8-11)9-12(10-16)19-15-13(17)5-3-6-14(15)18/h3,5-6,11-12H,2,4,7-10H2,1H3. The molecule has 0 unspecified atom stereocenters. The first-order chi connectivity index (χ1) is 9.12. The summed E-state index contributed by atoms with van der Waals surface area (Å²) in [5.41, 5.74) is 0.516. The van der Waals surface area contributed by atoms with Gasteiger partial charge >= 0.3 is 0 Å². The molecular weight excluding hydrogens is 263 g/mol. The van der Waals surface area contributed by atoms with Crippen LogP contribution in [0.5, 0.6) is 5.75 Å². The Kier molecular flexibility index (Phi) is 3.46. The van der Waals surface area contributed by atoms with Crippen molar-refractivity contribution < 1.29 is 9.13 Å². The topological polar surface area (TPSA) is 9.23 Å². The molecule has 0 saturated heterocycles. The van der Waals surface area contributed by atoms with Crippen molar-refractivity contribution in [3.05, 3.63) is 29.0 Å². The van der Waals surface area contributed by atoms with Gasteiger partial charge in [0.15, 0.2) is 11.6 Å². The van der Waals surface area contributed by atoms with Crippen LogP contribution in [-0.2, 0) is 0 Å². The van der Waals surface area contributed by atoms with E-state index in [2.05, 4.69) is 6.92 Å². The lowest BCUT2D eigenvalue weighted by Gasteiger charge is -2.57. The molecule has 2 aliphatic carbocycles. The Morgan fingerprint density at radius 1 is 1.32 bits per heavy atom. The third-order valence-corrected chi connectivity index (χ3v) is 4.96. The molecule has 1 spiro atoms. The van der Waals surface area contributed by atoms with Gasteiger partial charge in [-0.1, -0.05) is 37.4 Å². The molecule has 0 bridgehead atoms. The molecule has 0 radical (unpaired) electrons. The Labute approximate surface area is 119 Å². The van der Waals surface area contributed by atoms with E-state index in [1.54, 1.807) is 12.1 Å². The maximum atomic E-state index is 13.6. The van der Waals surface area contributed by atoms with Crippen LogP contribution in [0.4, 0.5) is 4.39 Å². The summed E-state index contributed by atoms with van der Waals surface area (Å²) >= 11 is 5.97. The first-order valence-electron chi connectivity index (χ1n) is 7.22. The fourth-order valence-electron chi connectivity index (χ4n) is 3.86.